The third kappa shape index (κ3) is 5.34. The summed E-state index contributed by atoms with van der Waals surface area (Å²) >= 11 is 9.02. The minimum atomic E-state index is -4.48. The van der Waals surface area contributed by atoms with Crippen LogP contribution < -0.4 is 10.1 Å². The van der Waals surface area contributed by atoms with Crippen LogP contribution in [0.15, 0.2) is 35.1 Å². The van der Waals surface area contributed by atoms with Gasteiger partial charge in [0.2, 0.25) is 5.88 Å². The van der Waals surface area contributed by atoms with E-state index in [0.29, 0.717) is 10.0 Å². The number of ether oxygens (including phenoxy) is 1. The second-order valence-corrected chi connectivity index (χ2v) is 5.82. The number of carbonyl (C=O) groups excluding carboxylic acids is 1. The lowest BCUT2D eigenvalue weighted by Crippen LogP contribution is -2.25. The Hall–Kier alpha value is -1.87. The maximum Gasteiger partial charge on any atom is 0.422 e. The number of aromatic nitrogens is 2. The molecule has 1 amide bonds. The molecule has 0 bridgehead atoms. The van der Waals surface area contributed by atoms with Crippen molar-refractivity contribution in [1.29, 1.82) is 0 Å². The summed E-state index contributed by atoms with van der Waals surface area (Å²) in [7, 11) is 0. The highest BCUT2D eigenvalue weighted by atomic mass is 79.9. The van der Waals surface area contributed by atoms with E-state index in [1.807, 2.05) is 0 Å². The van der Waals surface area contributed by atoms with Crippen LogP contribution in [-0.4, -0.2) is 28.7 Å². The third-order valence-corrected chi connectivity index (χ3v) is 3.45. The van der Waals surface area contributed by atoms with Gasteiger partial charge in [0.25, 0.3) is 5.91 Å². The molecule has 0 radical (unpaired) electrons. The van der Waals surface area contributed by atoms with Crippen molar-refractivity contribution >= 4 is 33.4 Å². The summed E-state index contributed by atoms with van der Waals surface area (Å²) in [5, 5.41) is 2.55. The number of halogens is 5. The number of nitrogens with one attached hydrogen (secondary N) is 1. The Kier molecular flexibility index (Phi) is 6.00. The molecule has 0 unspecified atom stereocenters. The van der Waals surface area contributed by atoms with Gasteiger partial charge in [0.1, 0.15) is 5.15 Å². The average Bonchev–Trinajstić information content (AvgIpc) is 2.53. The van der Waals surface area contributed by atoms with E-state index >= 15 is 0 Å². The van der Waals surface area contributed by atoms with Gasteiger partial charge in [0.05, 0.1) is 5.56 Å². The van der Waals surface area contributed by atoms with Gasteiger partial charge in [-0.15, -0.1) is 0 Å². The Balaban J connectivity index is 2.06. The van der Waals surface area contributed by atoms with Crippen LogP contribution in [0.25, 0.3) is 0 Å². The largest absolute Gasteiger partial charge is 0.468 e. The first-order valence-corrected chi connectivity index (χ1v) is 7.66. The molecule has 128 valence electrons. The fraction of sp³-hybridized carbons (Fsp3) is 0.214. The molecule has 2 aromatic heterocycles. The van der Waals surface area contributed by atoms with E-state index in [4.69, 9.17) is 11.6 Å². The van der Waals surface area contributed by atoms with E-state index in [1.54, 1.807) is 0 Å². The Morgan fingerprint density at radius 3 is 2.83 bits per heavy atom. The Morgan fingerprint density at radius 1 is 1.38 bits per heavy atom. The normalized spacial score (nSPS) is 11.2. The van der Waals surface area contributed by atoms with Crippen molar-refractivity contribution in [2.45, 2.75) is 12.7 Å². The van der Waals surface area contributed by atoms with E-state index in [1.165, 1.54) is 30.6 Å². The van der Waals surface area contributed by atoms with E-state index < -0.39 is 18.7 Å². The molecule has 0 aromatic carbocycles. The molecular formula is C14H10BrClF3N3O2. The Morgan fingerprint density at radius 2 is 2.12 bits per heavy atom. The summed E-state index contributed by atoms with van der Waals surface area (Å²) in [6, 6.07) is 4.50. The van der Waals surface area contributed by atoms with Gasteiger partial charge in [-0.25, -0.2) is 9.97 Å². The molecule has 0 aliphatic rings. The summed E-state index contributed by atoms with van der Waals surface area (Å²) in [6.45, 7) is -1.55. The zero-order valence-electron chi connectivity index (χ0n) is 11.9. The minimum Gasteiger partial charge on any atom is -0.468 e. The molecule has 0 aliphatic heterocycles. The summed E-state index contributed by atoms with van der Waals surface area (Å²) in [5.74, 6) is -0.729. The van der Waals surface area contributed by atoms with Crippen molar-refractivity contribution in [3.8, 4) is 5.88 Å². The van der Waals surface area contributed by atoms with Crippen LogP contribution in [0.4, 0.5) is 13.2 Å². The first kappa shape index (κ1) is 18.5. The Labute approximate surface area is 148 Å². The third-order valence-electron chi connectivity index (χ3n) is 2.71. The summed E-state index contributed by atoms with van der Waals surface area (Å²) in [6.07, 6.45) is -1.75. The second-order valence-electron chi connectivity index (χ2n) is 4.55. The van der Waals surface area contributed by atoms with Crippen LogP contribution in [0.1, 0.15) is 15.9 Å². The number of pyridine rings is 2. The van der Waals surface area contributed by atoms with Crippen LogP contribution >= 0.6 is 27.5 Å². The molecule has 1 N–H and O–H groups in total. The fourth-order valence-corrected chi connectivity index (χ4v) is 2.21. The van der Waals surface area contributed by atoms with Crippen molar-refractivity contribution < 1.29 is 22.7 Å². The molecule has 0 aliphatic carbocycles. The lowest BCUT2D eigenvalue weighted by molar-refractivity contribution is -0.154. The molecule has 2 rings (SSSR count). The van der Waals surface area contributed by atoms with E-state index in [0.717, 1.165) is 0 Å². The van der Waals surface area contributed by atoms with Gasteiger partial charge < -0.3 is 10.1 Å². The maximum absolute atomic E-state index is 12.2. The molecule has 10 heteroatoms. The molecule has 0 saturated heterocycles. The quantitative estimate of drug-likeness (QED) is 0.742. The van der Waals surface area contributed by atoms with Crippen molar-refractivity contribution in [2.24, 2.45) is 0 Å². The van der Waals surface area contributed by atoms with E-state index in [9.17, 15) is 18.0 Å². The summed E-state index contributed by atoms with van der Waals surface area (Å²) in [5.41, 5.74) is 0.432. The lowest BCUT2D eigenvalue weighted by atomic mass is 10.2. The SMILES string of the molecule is O=C(NCc1cccnc1OCC(F)(F)F)c1cc(Br)cnc1Cl. The molecule has 0 fully saturated rings. The predicted molar refractivity (Wildman–Crippen MR) is 83.9 cm³/mol. The fourth-order valence-electron chi connectivity index (χ4n) is 1.69. The van der Waals surface area contributed by atoms with E-state index in [-0.39, 0.29) is 23.1 Å². The van der Waals surface area contributed by atoms with Crippen molar-refractivity contribution in [2.75, 3.05) is 6.61 Å². The van der Waals surface area contributed by atoms with Gasteiger partial charge in [-0.3, -0.25) is 4.79 Å². The van der Waals surface area contributed by atoms with Gasteiger partial charge in [0.15, 0.2) is 6.61 Å². The van der Waals surface area contributed by atoms with E-state index in [2.05, 4.69) is 36.0 Å². The van der Waals surface area contributed by atoms with Crippen molar-refractivity contribution in [3.63, 3.8) is 0 Å². The maximum atomic E-state index is 12.2. The number of hydrogen-bond donors (Lipinski definition) is 1. The number of amides is 1. The number of carbonyl (C=O) groups is 1. The number of nitrogens with zero attached hydrogens (tertiary/aromatic N) is 2. The second kappa shape index (κ2) is 7.80. The molecule has 5 nitrogen and oxygen atoms in total. The van der Waals surface area contributed by atoms with Crippen molar-refractivity contribution in [3.05, 3.63) is 51.3 Å². The monoisotopic (exact) mass is 423 g/mol. The van der Waals surface area contributed by atoms with Crippen LogP contribution in [0.2, 0.25) is 5.15 Å². The zero-order chi connectivity index (χ0) is 17.7. The molecule has 0 atom stereocenters. The molecular weight excluding hydrogens is 415 g/mol. The molecule has 2 aromatic rings. The van der Waals surface area contributed by atoms with Gasteiger partial charge in [-0.05, 0) is 28.1 Å². The van der Waals surface area contributed by atoms with Crippen LogP contribution in [0, 0.1) is 0 Å². The highest BCUT2D eigenvalue weighted by Crippen LogP contribution is 2.21. The highest BCUT2D eigenvalue weighted by Gasteiger charge is 2.29. The van der Waals surface area contributed by atoms with Gasteiger partial charge >= 0.3 is 6.18 Å². The smallest absolute Gasteiger partial charge is 0.422 e. The number of rotatable bonds is 5. The Bertz CT molecular complexity index is 743. The first-order valence-electron chi connectivity index (χ1n) is 6.49. The van der Waals surface area contributed by atoms with Gasteiger partial charge in [-0.2, -0.15) is 13.2 Å². The lowest BCUT2D eigenvalue weighted by Gasteiger charge is -2.12. The van der Waals surface area contributed by atoms with Crippen LogP contribution in [0.3, 0.4) is 0 Å². The summed E-state index contributed by atoms with van der Waals surface area (Å²) in [4.78, 5) is 19.7. The van der Waals surface area contributed by atoms with Gasteiger partial charge in [0, 0.05) is 29.0 Å². The molecule has 0 spiro atoms. The molecule has 0 saturated carbocycles. The van der Waals surface area contributed by atoms with Gasteiger partial charge in [-0.1, -0.05) is 17.7 Å². The van der Waals surface area contributed by atoms with Crippen LogP contribution in [0.5, 0.6) is 5.88 Å². The number of hydrogen-bond acceptors (Lipinski definition) is 4. The molecule has 2 heterocycles. The predicted octanol–water partition coefficient (Wildman–Crippen LogP) is 3.76. The minimum absolute atomic E-state index is 0.00966. The summed E-state index contributed by atoms with van der Waals surface area (Å²) < 4.78 is 41.9. The topological polar surface area (TPSA) is 64.1 Å². The number of alkyl halides is 3. The van der Waals surface area contributed by atoms with Crippen molar-refractivity contribution in [1.82, 2.24) is 15.3 Å². The standard InChI is InChI=1S/C14H10BrClF3N3O2/c15-9-4-10(11(16)21-6-9)12(23)22-5-8-2-1-3-20-13(8)24-7-14(17,18)19/h1-4,6H,5,7H2,(H,22,23). The first-order chi connectivity index (χ1) is 11.3. The highest BCUT2D eigenvalue weighted by molar-refractivity contribution is 9.10. The molecule has 24 heavy (non-hydrogen) atoms. The zero-order valence-corrected chi connectivity index (χ0v) is 14.2. The average molecular weight is 425 g/mol. The van der Waals surface area contributed by atoms with Crippen LogP contribution in [-0.2, 0) is 6.54 Å².